The van der Waals surface area contributed by atoms with E-state index < -0.39 is 10.0 Å². The minimum Gasteiger partial charge on any atom is -0.272 e. The lowest BCUT2D eigenvalue weighted by Crippen LogP contribution is -2.26. The molecule has 2 aromatic rings. The normalized spacial score (nSPS) is 13.2. The third-order valence-electron chi connectivity index (χ3n) is 3.59. The Bertz CT molecular complexity index is 705. The van der Waals surface area contributed by atoms with Crippen molar-refractivity contribution in [3.05, 3.63) is 47.8 Å². The monoisotopic (exact) mass is 321 g/mol. The standard InChI is InChI=1S/C16H23N3O2S/c1-4-6-14-7-9-15(10-8-14)13(3)18-22(20,21)16-11-17-19(5-2)12-16/h7-13,18H,4-6H2,1-3H3. The van der Waals surface area contributed by atoms with Gasteiger partial charge in [-0.3, -0.25) is 4.68 Å². The van der Waals surface area contributed by atoms with Gasteiger partial charge >= 0.3 is 0 Å². The minimum atomic E-state index is -3.55. The van der Waals surface area contributed by atoms with Crippen LogP contribution in [0.3, 0.4) is 0 Å². The van der Waals surface area contributed by atoms with Crippen LogP contribution in [0.5, 0.6) is 0 Å². The Morgan fingerprint density at radius 3 is 2.45 bits per heavy atom. The van der Waals surface area contributed by atoms with E-state index in [1.54, 1.807) is 10.9 Å². The average Bonchev–Trinajstić information content (AvgIpc) is 2.98. The highest BCUT2D eigenvalue weighted by atomic mass is 32.2. The molecule has 0 spiro atoms. The predicted octanol–water partition coefficient (Wildman–Crippen LogP) is 2.90. The summed E-state index contributed by atoms with van der Waals surface area (Å²) in [4.78, 5) is 0.198. The van der Waals surface area contributed by atoms with Crippen molar-refractivity contribution in [1.29, 1.82) is 0 Å². The first-order chi connectivity index (χ1) is 10.5. The van der Waals surface area contributed by atoms with E-state index in [4.69, 9.17) is 0 Å². The highest BCUT2D eigenvalue weighted by Crippen LogP contribution is 2.18. The fourth-order valence-electron chi connectivity index (χ4n) is 2.29. The van der Waals surface area contributed by atoms with Crippen LogP contribution in [0, 0.1) is 0 Å². The molecule has 0 fully saturated rings. The molecule has 22 heavy (non-hydrogen) atoms. The lowest BCUT2D eigenvalue weighted by molar-refractivity contribution is 0.566. The van der Waals surface area contributed by atoms with Gasteiger partial charge in [0.15, 0.2) is 0 Å². The zero-order valence-corrected chi connectivity index (χ0v) is 14.1. The molecule has 120 valence electrons. The second-order valence-electron chi connectivity index (χ2n) is 5.37. The maximum absolute atomic E-state index is 12.4. The van der Waals surface area contributed by atoms with Gasteiger partial charge in [-0.2, -0.15) is 5.10 Å². The first kappa shape index (κ1) is 16.7. The summed E-state index contributed by atoms with van der Waals surface area (Å²) in [5, 5.41) is 4.01. The van der Waals surface area contributed by atoms with Crippen molar-refractivity contribution in [3.8, 4) is 0 Å². The molecule has 0 aliphatic heterocycles. The Kier molecular flexibility index (Phi) is 5.37. The number of benzene rings is 1. The van der Waals surface area contributed by atoms with E-state index in [0.717, 1.165) is 18.4 Å². The van der Waals surface area contributed by atoms with Gasteiger partial charge in [-0.1, -0.05) is 37.6 Å². The van der Waals surface area contributed by atoms with Crippen LogP contribution in [0.2, 0.25) is 0 Å². The van der Waals surface area contributed by atoms with Gasteiger partial charge in [0.05, 0.1) is 6.20 Å². The molecule has 1 unspecified atom stereocenters. The van der Waals surface area contributed by atoms with Crippen molar-refractivity contribution in [1.82, 2.24) is 14.5 Å². The van der Waals surface area contributed by atoms with Crippen molar-refractivity contribution in [2.24, 2.45) is 0 Å². The van der Waals surface area contributed by atoms with Crippen LogP contribution in [-0.4, -0.2) is 18.2 Å². The molecule has 2 rings (SSSR count). The van der Waals surface area contributed by atoms with E-state index in [2.05, 4.69) is 28.9 Å². The Morgan fingerprint density at radius 1 is 1.23 bits per heavy atom. The quantitative estimate of drug-likeness (QED) is 0.853. The minimum absolute atomic E-state index is 0.198. The van der Waals surface area contributed by atoms with Gasteiger partial charge in [0.25, 0.3) is 0 Å². The van der Waals surface area contributed by atoms with E-state index in [-0.39, 0.29) is 10.9 Å². The van der Waals surface area contributed by atoms with Crippen LogP contribution in [0.1, 0.15) is 44.4 Å². The molecule has 0 aliphatic carbocycles. The van der Waals surface area contributed by atoms with Crippen LogP contribution in [0.15, 0.2) is 41.6 Å². The topological polar surface area (TPSA) is 64.0 Å². The predicted molar refractivity (Wildman–Crippen MR) is 87.1 cm³/mol. The van der Waals surface area contributed by atoms with E-state index >= 15 is 0 Å². The fraction of sp³-hybridized carbons (Fsp3) is 0.438. The summed E-state index contributed by atoms with van der Waals surface area (Å²) < 4.78 is 29.0. The maximum Gasteiger partial charge on any atom is 0.244 e. The average molecular weight is 321 g/mol. The van der Waals surface area contributed by atoms with Gasteiger partial charge in [0.2, 0.25) is 10.0 Å². The SMILES string of the molecule is CCCc1ccc(C(C)NS(=O)(=O)c2cnn(CC)c2)cc1. The lowest BCUT2D eigenvalue weighted by atomic mass is 10.0. The molecule has 5 nitrogen and oxygen atoms in total. The number of sulfonamides is 1. The third-order valence-corrected chi connectivity index (χ3v) is 5.09. The number of hydrogen-bond acceptors (Lipinski definition) is 3. The number of nitrogens with one attached hydrogen (secondary N) is 1. The molecule has 1 aromatic carbocycles. The zero-order chi connectivity index (χ0) is 16.2. The Balaban J connectivity index is 2.11. The summed E-state index contributed by atoms with van der Waals surface area (Å²) in [5.41, 5.74) is 2.22. The summed E-state index contributed by atoms with van der Waals surface area (Å²) in [7, 11) is -3.55. The molecule has 0 radical (unpaired) electrons. The van der Waals surface area contributed by atoms with E-state index in [0.29, 0.717) is 6.54 Å². The van der Waals surface area contributed by atoms with Crippen molar-refractivity contribution in [2.75, 3.05) is 0 Å². The van der Waals surface area contributed by atoms with Crippen LogP contribution in [0.4, 0.5) is 0 Å². The number of rotatable bonds is 7. The van der Waals surface area contributed by atoms with Gasteiger partial charge in [-0.15, -0.1) is 0 Å². The van der Waals surface area contributed by atoms with Crippen molar-refractivity contribution in [3.63, 3.8) is 0 Å². The Labute approximate surface area is 132 Å². The van der Waals surface area contributed by atoms with Gasteiger partial charge < -0.3 is 0 Å². The van der Waals surface area contributed by atoms with Crippen LogP contribution >= 0.6 is 0 Å². The maximum atomic E-state index is 12.4. The fourth-order valence-corrected chi connectivity index (χ4v) is 3.47. The van der Waals surface area contributed by atoms with Gasteiger partial charge in [-0.05, 0) is 31.4 Å². The molecular formula is C16H23N3O2S. The third kappa shape index (κ3) is 3.96. The number of aryl methyl sites for hydroxylation is 2. The van der Waals surface area contributed by atoms with Gasteiger partial charge in [0, 0.05) is 18.8 Å². The van der Waals surface area contributed by atoms with E-state index in [1.165, 1.54) is 11.8 Å². The molecule has 0 amide bonds. The summed E-state index contributed by atoms with van der Waals surface area (Å²) in [6.45, 7) is 6.54. The smallest absolute Gasteiger partial charge is 0.244 e. The molecule has 1 heterocycles. The van der Waals surface area contributed by atoms with Gasteiger partial charge in [-0.25, -0.2) is 13.1 Å². The Morgan fingerprint density at radius 2 is 1.91 bits per heavy atom. The number of aromatic nitrogens is 2. The second kappa shape index (κ2) is 7.07. The van der Waals surface area contributed by atoms with Crippen LogP contribution in [-0.2, 0) is 23.0 Å². The molecular weight excluding hydrogens is 298 g/mol. The molecule has 0 bridgehead atoms. The molecule has 1 atom stereocenters. The molecule has 1 aromatic heterocycles. The molecule has 0 saturated carbocycles. The Hall–Kier alpha value is -1.66. The van der Waals surface area contributed by atoms with Crippen LogP contribution in [0.25, 0.3) is 0 Å². The molecule has 6 heteroatoms. The largest absolute Gasteiger partial charge is 0.272 e. The van der Waals surface area contributed by atoms with Gasteiger partial charge in [0.1, 0.15) is 4.90 Å². The van der Waals surface area contributed by atoms with Crippen LogP contribution < -0.4 is 4.72 Å². The lowest BCUT2D eigenvalue weighted by Gasteiger charge is -2.14. The first-order valence-electron chi connectivity index (χ1n) is 7.60. The molecule has 0 aliphatic rings. The second-order valence-corrected chi connectivity index (χ2v) is 7.08. The summed E-state index contributed by atoms with van der Waals surface area (Å²) >= 11 is 0. The molecule has 0 saturated heterocycles. The van der Waals surface area contributed by atoms with Crippen molar-refractivity contribution >= 4 is 10.0 Å². The van der Waals surface area contributed by atoms with E-state index in [1.807, 2.05) is 26.0 Å². The summed E-state index contributed by atoms with van der Waals surface area (Å²) in [6, 6.07) is 7.78. The molecule has 1 N–H and O–H groups in total. The summed E-state index contributed by atoms with van der Waals surface area (Å²) in [5.74, 6) is 0. The highest BCUT2D eigenvalue weighted by Gasteiger charge is 2.20. The van der Waals surface area contributed by atoms with Crippen molar-refractivity contribution in [2.45, 2.75) is 51.1 Å². The summed E-state index contributed by atoms with van der Waals surface area (Å²) in [6.07, 6.45) is 5.06. The first-order valence-corrected chi connectivity index (χ1v) is 9.08. The highest BCUT2D eigenvalue weighted by molar-refractivity contribution is 7.89. The van der Waals surface area contributed by atoms with Crippen molar-refractivity contribution < 1.29 is 8.42 Å². The number of hydrogen-bond donors (Lipinski definition) is 1. The number of nitrogens with zero attached hydrogens (tertiary/aromatic N) is 2. The van der Waals surface area contributed by atoms with E-state index in [9.17, 15) is 8.42 Å². The zero-order valence-electron chi connectivity index (χ0n) is 13.3.